The van der Waals surface area contributed by atoms with E-state index >= 15 is 0 Å². The fourth-order valence-corrected chi connectivity index (χ4v) is 2.68. The van der Waals surface area contributed by atoms with Crippen molar-refractivity contribution in [3.05, 3.63) is 0 Å². The summed E-state index contributed by atoms with van der Waals surface area (Å²) in [6, 6.07) is 0. The minimum atomic E-state index is -0.753. The van der Waals surface area contributed by atoms with Gasteiger partial charge >= 0.3 is 11.9 Å². The van der Waals surface area contributed by atoms with E-state index < -0.39 is 11.9 Å². The van der Waals surface area contributed by atoms with Gasteiger partial charge in [-0.2, -0.15) is 0 Å². The summed E-state index contributed by atoms with van der Waals surface area (Å²) in [7, 11) is 0. The number of hydrogen-bond donors (Lipinski definition) is 2. The monoisotopic (exact) mass is 344 g/mol. The summed E-state index contributed by atoms with van der Waals surface area (Å²) in [6.07, 6.45) is 15.4. The Labute approximate surface area is 146 Å². The standard InChI is InChI=1S/C19H36O5/c20-18(21)14-11-9-7-5-3-1-2-4-6-8-10-12-16-24-17-13-15-19(22)23/h1-17H2,(H,20,21)(H,22,23). The number of carboxylic acid groups (broad SMARTS) is 2. The average molecular weight is 344 g/mol. The number of unbranched alkanes of at least 4 members (excludes halogenated alkanes) is 11. The van der Waals surface area contributed by atoms with E-state index in [1.807, 2.05) is 0 Å². The van der Waals surface area contributed by atoms with Crippen LogP contribution in [0.3, 0.4) is 0 Å². The van der Waals surface area contributed by atoms with Gasteiger partial charge < -0.3 is 14.9 Å². The van der Waals surface area contributed by atoms with Gasteiger partial charge in [-0.15, -0.1) is 0 Å². The quantitative estimate of drug-likeness (QED) is 0.321. The van der Waals surface area contributed by atoms with Crippen LogP contribution in [0, 0.1) is 0 Å². The van der Waals surface area contributed by atoms with Crippen LogP contribution in [0.4, 0.5) is 0 Å². The van der Waals surface area contributed by atoms with E-state index in [1.54, 1.807) is 0 Å². The van der Waals surface area contributed by atoms with E-state index in [0.717, 1.165) is 25.9 Å². The molecular formula is C19H36O5. The molecule has 2 N–H and O–H groups in total. The van der Waals surface area contributed by atoms with Crippen LogP contribution in [0.2, 0.25) is 0 Å². The summed E-state index contributed by atoms with van der Waals surface area (Å²) in [6.45, 7) is 1.31. The fourth-order valence-electron chi connectivity index (χ4n) is 2.68. The lowest BCUT2D eigenvalue weighted by molar-refractivity contribution is -0.138. The molecule has 24 heavy (non-hydrogen) atoms. The van der Waals surface area contributed by atoms with Gasteiger partial charge in [0.25, 0.3) is 0 Å². The molecular weight excluding hydrogens is 308 g/mol. The van der Waals surface area contributed by atoms with E-state index in [-0.39, 0.29) is 6.42 Å². The maximum Gasteiger partial charge on any atom is 0.303 e. The Hall–Kier alpha value is -1.10. The molecule has 0 bridgehead atoms. The second kappa shape index (κ2) is 18.2. The molecule has 0 atom stereocenters. The predicted octanol–water partition coefficient (Wildman–Crippen LogP) is 5.02. The van der Waals surface area contributed by atoms with Crippen molar-refractivity contribution in [2.45, 2.75) is 96.3 Å². The summed E-state index contributed by atoms with van der Waals surface area (Å²) >= 11 is 0. The molecule has 142 valence electrons. The van der Waals surface area contributed by atoms with E-state index in [1.165, 1.54) is 57.8 Å². The van der Waals surface area contributed by atoms with Crippen LogP contribution in [-0.2, 0) is 14.3 Å². The Bertz CT molecular complexity index is 274. The Morgan fingerprint density at radius 3 is 1.29 bits per heavy atom. The van der Waals surface area contributed by atoms with E-state index in [2.05, 4.69) is 0 Å². The third kappa shape index (κ3) is 20.9. The lowest BCUT2D eigenvalue weighted by Gasteiger charge is -2.04. The van der Waals surface area contributed by atoms with Crippen molar-refractivity contribution in [2.24, 2.45) is 0 Å². The molecule has 0 heterocycles. The molecule has 5 nitrogen and oxygen atoms in total. The molecule has 0 spiro atoms. The number of hydrogen-bond acceptors (Lipinski definition) is 3. The molecule has 5 heteroatoms. The van der Waals surface area contributed by atoms with Crippen LogP contribution in [0.1, 0.15) is 96.3 Å². The van der Waals surface area contributed by atoms with Crippen LogP contribution in [0.5, 0.6) is 0 Å². The summed E-state index contributed by atoms with van der Waals surface area (Å²) in [5.74, 6) is -1.43. The van der Waals surface area contributed by atoms with Gasteiger partial charge in [-0.1, -0.05) is 64.2 Å². The number of ether oxygens (including phenoxy) is 1. The second-order valence-electron chi connectivity index (χ2n) is 6.50. The Balaban J connectivity index is 3.00. The molecule has 0 rings (SSSR count). The van der Waals surface area contributed by atoms with Crippen molar-refractivity contribution in [1.82, 2.24) is 0 Å². The molecule has 0 amide bonds. The zero-order valence-corrected chi connectivity index (χ0v) is 15.1. The Kier molecular flexibility index (Phi) is 17.4. The first kappa shape index (κ1) is 22.9. The van der Waals surface area contributed by atoms with Crippen LogP contribution < -0.4 is 0 Å². The lowest BCUT2D eigenvalue weighted by atomic mass is 10.0. The van der Waals surface area contributed by atoms with Crippen molar-refractivity contribution in [3.63, 3.8) is 0 Å². The molecule has 0 aliphatic rings. The first-order chi connectivity index (χ1) is 11.6. The third-order valence-corrected chi connectivity index (χ3v) is 4.11. The van der Waals surface area contributed by atoms with Gasteiger partial charge in [0.05, 0.1) is 0 Å². The smallest absolute Gasteiger partial charge is 0.303 e. The summed E-state index contributed by atoms with van der Waals surface area (Å²) in [5, 5.41) is 17.0. The van der Waals surface area contributed by atoms with Gasteiger partial charge in [0.1, 0.15) is 0 Å². The maximum absolute atomic E-state index is 10.4. The highest BCUT2D eigenvalue weighted by Crippen LogP contribution is 2.12. The van der Waals surface area contributed by atoms with Crippen molar-refractivity contribution in [2.75, 3.05) is 13.2 Å². The highest BCUT2D eigenvalue weighted by Gasteiger charge is 1.98. The predicted molar refractivity (Wildman–Crippen MR) is 95.3 cm³/mol. The van der Waals surface area contributed by atoms with Crippen molar-refractivity contribution in [1.29, 1.82) is 0 Å². The van der Waals surface area contributed by atoms with Crippen molar-refractivity contribution in [3.8, 4) is 0 Å². The van der Waals surface area contributed by atoms with Crippen molar-refractivity contribution < 1.29 is 24.5 Å². The van der Waals surface area contributed by atoms with Crippen LogP contribution >= 0.6 is 0 Å². The van der Waals surface area contributed by atoms with E-state index in [9.17, 15) is 9.59 Å². The number of rotatable bonds is 19. The normalized spacial score (nSPS) is 10.8. The summed E-state index contributed by atoms with van der Waals surface area (Å²) in [4.78, 5) is 20.7. The third-order valence-electron chi connectivity index (χ3n) is 4.11. The summed E-state index contributed by atoms with van der Waals surface area (Å²) in [5.41, 5.74) is 0. The number of carbonyl (C=O) groups is 2. The van der Waals surface area contributed by atoms with E-state index in [4.69, 9.17) is 14.9 Å². The zero-order chi connectivity index (χ0) is 17.9. The molecule has 0 aromatic rings. The largest absolute Gasteiger partial charge is 0.481 e. The zero-order valence-electron chi connectivity index (χ0n) is 15.1. The SMILES string of the molecule is O=C(O)CCCCCCCCCCCCCCOCCCC(=O)O. The van der Waals surface area contributed by atoms with Gasteiger partial charge in [0, 0.05) is 26.1 Å². The molecule has 0 aromatic carbocycles. The van der Waals surface area contributed by atoms with Crippen molar-refractivity contribution >= 4 is 11.9 Å². The maximum atomic E-state index is 10.4. The second-order valence-corrected chi connectivity index (χ2v) is 6.50. The topological polar surface area (TPSA) is 83.8 Å². The van der Waals surface area contributed by atoms with Gasteiger partial charge in [-0.3, -0.25) is 9.59 Å². The molecule has 0 unspecified atom stereocenters. The molecule has 0 aromatic heterocycles. The molecule has 0 saturated carbocycles. The van der Waals surface area contributed by atoms with E-state index in [0.29, 0.717) is 19.4 Å². The minimum absolute atomic E-state index is 0.197. The van der Waals surface area contributed by atoms with Crippen LogP contribution in [-0.4, -0.2) is 35.4 Å². The minimum Gasteiger partial charge on any atom is -0.481 e. The highest BCUT2D eigenvalue weighted by molar-refractivity contribution is 5.66. The van der Waals surface area contributed by atoms with Gasteiger partial charge in [0.2, 0.25) is 0 Å². The van der Waals surface area contributed by atoms with Crippen LogP contribution in [0.25, 0.3) is 0 Å². The molecule has 0 saturated heterocycles. The number of carboxylic acids is 2. The molecule has 0 aliphatic carbocycles. The average Bonchev–Trinajstić information content (AvgIpc) is 2.53. The fraction of sp³-hybridized carbons (Fsp3) is 0.895. The first-order valence-electron chi connectivity index (χ1n) is 9.64. The van der Waals surface area contributed by atoms with Gasteiger partial charge in [-0.05, 0) is 19.3 Å². The highest BCUT2D eigenvalue weighted by atomic mass is 16.5. The Morgan fingerprint density at radius 2 is 0.833 bits per heavy atom. The van der Waals surface area contributed by atoms with Crippen LogP contribution in [0.15, 0.2) is 0 Å². The lowest BCUT2D eigenvalue weighted by Crippen LogP contribution is -2.01. The van der Waals surface area contributed by atoms with Gasteiger partial charge in [0.15, 0.2) is 0 Å². The van der Waals surface area contributed by atoms with Gasteiger partial charge in [-0.25, -0.2) is 0 Å². The summed E-state index contributed by atoms with van der Waals surface area (Å²) < 4.78 is 5.40. The molecule has 0 aliphatic heterocycles. The number of aliphatic carboxylic acids is 2. The first-order valence-corrected chi connectivity index (χ1v) is 9.64. The molecule has 0 radical (unpaired) electrons. The Morgan fingerprint density at radius 1 is 0.500 bits per heavy atom. The molecule has 0 fully saturated rings.